The number of hydrogen-bond donors (Lipinski definition) is 2. The summed E-state index contributed by atoms with van der Waals surface area (Å²) in [7, 11) is -3.89. The third kappa shape index (κ3) is 7.92. The van der Waals surface area contributed by atoms with Crippen LogP contribution in [-0.4, -0.2) is 56.3 Å². The summed E-state index contributed by atoms with van der Waals surface area (Å²) in [4.78, 5) is 26.6. The number of benzene rings is 2. The Morgan fingerprint density at radius 1 is 1.11 bits per heavy atom. The Hall–Kier alpha value is -2.15. The Labute approximate surface area is 221 Å². The van der Waals surface area contributed by atoms with Gasteiger partial charge in [0.2, 0.25) is 10.0 Å². The molecule has 0 aliphatic carbocycles. The van der Waals surface area contributed by atoms with Crippen LogP contribution >= 0.6 is 31.9 Å². The summed E-state index contributed by atoms with van der Waals surface area (Å²) in [6.45, 7) is 5.38. The molecule has 2 atom stereocenters. The van der Waals surface area contributed by atoms with Crippen molar-refractivity contribution < 1.29 is 27.5 Å². The maximum atomic E-state index is 13.1. The van der Waals surface area contributed by atoms with Crippen LogP contribution in [-0.2, 0) is 14.8 Å². The van der Waals surface area contributed by atoms with Crippen LogP contribution < -0.4 is 14.8 Å². The summed E-state index contributed by atoms with van der Waals surface area (Å²) < 4.78 is 40.6. The molecule has 1 aliphatic rings. The van der Waals surface area contributed by atoms with E-state index in [1.54, 1.807) is 63.2 Å². The van der Waals surface area contributed by atoms with Crippen LogP contribution in [0, 0.1) is 0 Å². The summed E-state index contributed by atoms with van der Waals surface area (Å²) in [5, 5.41) is 2.65. The fourth-order valence-corrected chi connectivity index (χ4v) is 6.28. The van der Waals surface area contributed by atoms with Gasteiger partial charge in [-0.1, -0.05) is 34.1 Å². The zero-order chi connectivity index (χ0) is 25.8. The third-order valence-electron chi connectivity index (χ3n) is 4.98. The highest BCUT2D eigenvalue weighted by Crippen LogP contribution is 2.28. The van der Waals surface area contributed by atoms with Gasteiger partial charge in [-0.15, -0.1) is 0 Å². The van der Waals surface area contributed by atoms with Crippen molar-refractivity contribution in [3.63, 3.8) is 0 Å². The van der Waals surface area contributed by atoms with Crippen molar-refractivity contribution in [1.29, 1.82) is 0 Å². The maximum Gasteiger partial charge on any atom is 0.412 e. The molecule has 12 heteroatoms. The quantitative estimate of drug-likeness (QED) is 0.479. The molecule has 1 heterocycles. The standard InChI is InChI=1S/C23H27Br2N3O6S/c1-23(2,3)34-22(30)28-14-16(27-35(31,32)20-11-15(24)9-10-19(20)25)12-17(28)13-26-21(29)33-18-7-5-4-6-8-18/h4-11,16-17,27H,12-14H2,1-3H3,(H,26,29)/t16-,17-/m1/s1. The van der Waals surface area contributed by atoms with Crippen molar-refractivity contribution >= 4 is 54.1 Å². The van der Waals surface area contributed by atoms with Crippen LogP contribution in [0.5, 0.6) is 5.75 Å². The number of ether oxygens (including phenoxy) is 2. The van der Waals surface area contributed by atoms with Crippen LogP contribution in [0.25, 0.3) is 0 Å². The number of nitrogens with one attached hydrogen (secondary N) is 2. The van der Waals surface area contributed by atoms with E-state index in [0.29, 0.717) is 14.7 Å². The van der Waals surface area contributed by atoms with Crippen LogP contribution in [0.3, 0.4) is 0 Å². The first-order valence-corrected chi connectivity index (χ1v) is 13.9. The van der Waals surface area contributed by atoms with Crippen molar-refractivity contribution in [2.75, 3.05) is 13.1 Å². The fraction of sp³-hybridized carbons (Fsp3) is 0.391. The van der Waals surface area contributed by atoms with E-state index in [1.807, 2.05) is 0 Å². The number of rotatable bonds is 6. The van der Waals surface area contributed by atoms with Gasteiger partial charge in [0.25, 0.3) is 0 Å². The smallest absolute Gasteiger partial charge is 0.412 e. The topological polar surface area (TPSA) is 114 Å². The molecule has 2 amide bonds. The molecule has 0 radical (unpaired) electrons. The van der Waals surface area contributed by atoms with Crippen LogP contribution in [0.4, 0.5) is 9.59 Å². The maximum absolute atomic E-state index is 13.1. The predicted octanol–water partition coefficient (Wildman–Crippen LogP) is 4.66. The Balaban J connectivity index is 1.72. The first-order valence-electron chi connectivity index (χ1n) is 10.8. The van der Waals surface area contributed by atoms with E-state index in [1.165, 1.54) is 11.0 Å². The molecular formula is C23H27Br2N3O6S. The second-order valence-corrected chi connectivity index (χ2v) is 12.5. The van der Waals surface area contributed by atoms with Gasteiger partial charge in [0, 0.05) is 28.1 Å². The van der Waals surface area contributed by atoms with Gasteiger partial charge in [0.1, 0.15) is 11.4 Å². The lowest BCUT2D eigenvalue weighted by molar-refractivity contribution is 0.0224. The van der Waals surface area contributed by atoms with Crippen molar-refractivity contribution in [3.8, 4) is 5.75 Å². The molecule has 3 rings (SSSR count). The Morgan fingerprint density at radius 2 is 1.80 bits per heavy atom. The minimum atomic E-state index is -3.89. The lowest BCUT2D eigenvalue weighted by Crippen LogP contribution is -2.46. The van der Waals surface area contributed by atoms with E-state index in [4.69, 9.17) is 9.47 Å². The fourth-order valence-electron chi connectivity index (χ4n) is 3.54. The highest BCUT2D eigenvalue weighted by Gasteiger charge is 2.39. The van der Waals surface area contributed by atoms with E-state index in [2.05, 4.69) is 41.9 Å². The Kier molecular flexibility index (Phi) is 8.84. The predicted molar refractivity (Wildman–Crippen MR) is 138 cm³/mol. The monoisotopic (exact) mass is 631 g/mol. The van der Waals surface area contributed by atoms with Crippen molar-refractivity contribution in [3.05, 3.63) is 57.5 Å². The SMILES string of the molecule is CC(C)(C)OC(=O)N1C[C@H](NS(=O)(=O)c2cc(Br)ccc2Br)C[C@@H]1CNC(=O)Oc1ccccc1. The number of hydrogen-bond acceptors (Lipinski definition) is 6. The van der Waals surface area contributed by atoms with Crippen molar-refractivity contribution in [1.82, 2.24) is 14.9 Å². The minimum absolute atomic E-state index is 0.0592. The lowest BCUT2D eigenvalue weighted by Gasteiger charge is -2.28. The molecule has 0 saturated carbocycles. The van der Waals surface area contributed by atoms with Gasteiger partial charge in [0.15, 0.2) is 0 Å². The second kappa shape index (κ2) is 11.3. The number of nitrogens with zero attached hydrogens (tertiary/aromatic N) is 1. The van der Waals surface area contributed by atoms with E-state index < -0.39 is 39.9 Å². The molecule has 9 nitrogen and oxygen atoms in total. The molecule has 2 aromatic rings. The third-order valence-corrected chi connectivity index (χ3v) is 7.99. The summed E-state index contributed by atoms with van der Waals surface area (Å²) in [5.74, 6) is 0.380. The molecule has 1 aliphatic heterocycles. The molecule has 35 heavy (non-hydrogen) atoms. The van der Waals surface area contributed by atoms with Crippen LogP contribution in [0.15, 0.2) is 62.4 Å². The molecule has 0 unspecified atom stereocenters. The molecule has 1 fully saturated rings. The van der Waals surface area contributed by atoms with E-state index in [9.17, 15) is 18.0 Å². The molecule has 190 valence electrons. The van der Waals surface area contributed by atoms with E-state index >= 15 is 0 Å². The molecule has 0 bridgehead atoms. The van der Waals surface area contributed by atoms with Crippen molar-refractivity contribution in [2.24, 2.45) is 0 Å². The summed E-state index contributed by atoms with van der Waals surface area (Å²) in [6, 6.07) is 12.3. The number of sulfonamides is 1. The van der Waals surface area contributed by atoms with Gasteiger partial charge < -0.3 is 19.7 Å². The first-order chi connectivity index (χ1) is 16.3. The normalized spacial score (nSPS) is 18.3. The average molecular weight is 633 g/mol. The Bertz CT molecular complexity index is 1170. The van der Waals surface area contributed by atoms with Crippen LogP contribution in [0.1, 0.15) is 27.2 Å². The van der Waals surface area contributed by atoms with Gasteiger partial charge in [-0.2, -0.15) is 0 Å². The summed E-state index contributed by atoms with van der Waals surface area (Å²) in [6.07, 6.45) is -0.996. The van der Waals surface area contributed by atoms with Gasteiger partial charge in [-0.25, -0.2) is 22.7 Å². The number of likely N-dealkylation sites (tertiary alicyclic amines) is 1. The van der Waals surface area contributed by atoms with Gasteiger partial charge in [-0.05, 0) is 73.5 Å². The van der Waals surface area contributed by atoms with E-state index in [0.717, 1.165) is 0 Å². The molecular weight excluding hydrogens is 606 g/mol. The summed E-state index contributed by atoms with van der Waals surface area (Å²) in [5.41, 5.74) is -0.736. The number of amides is 2. The molecule has 0 spiro atoms. The number of para-hydroxylation sites is 1. The largest absolute Gasteiger partial charge is 0.444 e. The Morgan fingerprint density at radius 3 is 2.46 bits per heavy atom. The minimum Gasteiger partial charge on any atom is -0.444 e. The van der Waals surface area contributed by atoms with Gasteiger partial charge >= 0.3 is 12.2 Å². The van der Waals surface area contributed by atoms with Crippen LogP contribution in [0.2, 0.25) is 0 Å². The zero-order valence-corrected chi connectivity index (χ0v) is 23.4. The molecule has 1 saturated heterocycles. The number of carbonyl (C=O) groups excluding carboxylic acids is 2. The number of halogens is 2. The molecule has 2 aromatic carbocycles. The zero-order valence-electron chi connectivity index (χ0n) is 19.5. The van der Waals surface area contributed by atoms with E-state index in [-0.39, 0.29) is 24.4 Å². The highest BCUT2D eigenvalue weighted by molar-refractivity contribution is 9.11. The second-order valence-electron chi connectivity index (χ2n) is 9.00. The number of carbonyl (C=O) groups is 2. The van der Waals surface area contributed by atoms with Crippen molar-refractivity contribution in [2.45, 2.75) is 49.8 Å². The lowest BCUT2D eigenvalue weighted by atomic mass is 10.2. The molecule has 0 aromatic heterocycles. The first kappa shape index (κ1) is 27.4. The molecule has 2 N–H and O–H groups in total. The van der Waals surface area contributed by atoms with Gasteiger partial charge in [0.05, 0.1) is 10.9 Å². The average Bonchev–Trinajstić information content (AvgIpc) is 3.15. The van der Waals surface area contributed by atoms with Gasteiger partial charge in [-0.3, -0.25) is 0 Å². The highest BCUT2D eigenvalue weighted by atomic mass is 79.9. The summed E-state index contributed by atoms with van der Waals surface area (Å²) >= 11 is 6.57.